The Hall–Kier alpha value is -1.35. The second-order valence-corrected chi connectivity index (χ2v) is 5.22. The van der Waals surface area contributed by atoms with Crippen molar-refractivity contribution < 1.29 is 4.79 Å². The number of hydrogen-bond donors (Lipinski definition) is 1. The van der Waals surface area contributed by atoms with E-state index in [1.165, 1.54) is 11.1 Å². The maximum atomic E-state index is 12.5. The van der Waals surface area contributed by atoms with Gasteiger partial charge in [0.05, 0.1) is 6.04 Å². The van der Waals surface area contributed by atoms with Gasteiger partial charge >= 0.3 is 0 Å². The number of para-hydroxylation sites is 1. The molecule has 0 aromatic heterocycles. The Balaban J connectivity index is 2.22. The van der Waals surface area contributed by atoms with E-state index in [-0.39, 0.29) is 11.9 Å². The molecule has 1 aliphatic rings. The first-order chi connectivity index (χ1) is 9.19. The Bertz CT molecular complexity index is 456. The fraction of sp³-hybridized carbons (Fsp3) is 0.562. The molecule has 19 heavy (non-hydrogen) atoms. The van der Waals surface area contributed by atoms with Gasteiger partial charge in [0.15, 0.2) is 0 Å². The summed E-state index contributed by atoms with van der Waals surface area (Å²) >= 11 is 0. The molecule has 0 aliphatic carbocycles. The van der Waals surface area contributed by atoms with Gasteiger partial charge in [-0.15, -0.1) is 0 Å². The van der Waals surface area contributed by atoms with E-state index in [1.54, 1.807) is 0 Å². The monoisotopic (exact) mass is 260 g/mol. The number of nitrogens with zero attached hydrogens (tertiary/aromatic N) is 1. The molecule has 1 amide bonds. The van der Waals surface area contributed by atoms with E-state index < -0.39 is 0 Å². The molecule has 1 atom stereocenters. The number of rotatable bonds is 5. The molecule has 1 heterocycles. The summed E-state index contributed by atoms with van der Waals surface area (Å²) in [7, 11) is 0. The molecule has 1 saturated heterocycles. The van der Waals surface area contributed by atoms with Crippen molar-refractivity contribution in [3.63, 3.8) is 0 Å². The number of carbonyl (C=O) groups is 1. The second-order valence-electron chi connectivity index (χ2n) is 5.22. The lowest BCUT2D eigenvalue weighted by atomic mass is 10.0. The first-order valence-electron chi connectivity index (χ1n) is 7.32. The number of anilines is 1. The van der Waals surface area contributed by atoms with Crippen LogP contribution < -0.4 is 10.2 Å². The highest BCUT2D eigenvalue weighted by Gasteiger charge is 2.33. The van der Waals surface area contributed by atoms with E-state index in [2.05, 4.69) is 44.3 Å². The van der Waals surface area contributed by atoms with Crippen LogP contribution >= 0.6 is 0 Å². The third kappa shape index (κ3) is 2.81. The fourth-order valence-corrected chi connectivity index (χ4v) is 2.80. The largest absolute Gasteiger partial charge is 0.310 e. The van der Waals surface area contributed by atoms with Crippen molar-refractivity contribution in [3.05, 3.63) is 29.3 Å². The zero-order valence-corrected chi connectivity index (χ0v) is 12.2. The minimum Gasteiger partial charge on any atom is -0.310 e. The average Bonchev–Trinajstić information content (AvgIpc) is 2.77. The summed E-state index contributed by atoms with van der Waals surface area (Å²) in [6.45, 7) is 8.11. The molecule has 1 aliphatic heterocycles. The van der Waals surface area contributed by atoms with Crippen molar-refractivity contribution in [1.82, 2.24) is 5.32 Å². The molecule has 1 aromatic carbocycles. The normalized spacial score (nSPS) is 19.2. The Morgan fingerprint density at radius 3 is 2.84 bits per heavy atom. The van der Waals surface area contributed by atoms with Crippen LogP contribution in [0.5, 0.6) is 0 Å². The molecule has 0 radical (unpaired) electrons. The van der Waals surface area contributed by atoms with Crippen LogP contribution in [0, 0.1) is 6.92 Å². The Kier molecular flexibility index (Phi) is 4.59. The van der Waals surface area contributed by atoms with Crippen LogP contribution in [0.1, 0.15) is 37.8 Å². The number of amides is 1. The Labute approximate surface area is 116 Å². The molecule has 1 fully saturated rings. The maximum Gasteiger partial charge on any atom is 0.244 e. The molecule has 1 N–H and O–H groups in total. The molecule has 3 nitrogen and oxygen atoms in total. The third-order valence-electron chi connectivity index (χ3n) is 3.82. The Morgan fingerprint density at radius 2 is 2.16 bits per heavy atom. The molecule has 0 bridgehead atoms. The molecule has 0 spiro atoms. The van der Waals surface area contributed by atoms with Crippen LogP contribution in [-0.2, 0) is 11.2 Å². The number of hydrogen-bond acceptors (Lipinski definition) is 2. The number of benzene rings is 1. The smallest absolute Gasteiger partial charge is 0.244 e. The number of nitrogens with one attached hydrogen (secondary N) is 1. The first-order valence-corrected chi connectivity index (χ1v) is 7.32. The van der Waals surface area contributed by atoms with Crippen molar-refractivity contribution >= 4 is 11.6 Å². The van der Waals surface area contributed by atoms with Gasteiger partial charge in [0.2, 0.25) is 5.91 Å². The lowest BCUT2D eigenvalue weighted by Crippen LogP contribution is -2.39. The maximum absolute atomic E-state index is 12.5. The lowest BCUT2D eigenvalue weighted by molar-refractivity contribution is -0.118. The highest BCUT2D eigenvalue weighted by Crippen LogP contribution is 2.29. The van der Waals surface area contributed by atoms with E-state index in [0.29, 0.717) is 0 Å². The molecule has 2 rings (SSSR count). The van der Waals surface area contributed by atoms with E-state index in [0.717, 1.165) is 38.0 Å². The van der Waals surface area contributed by atoms with Crippen LogP contribution in [0.2, 0.25) is 0 Å². The summed E-state index contributed by atoms with van der Waals surface area (Å²) in [5.41, 5.74) is 3.60. The zero-order chi connectivity index (χ0) is 13.8. The van der Waals surface area contributed by atoms with Gasteiger partial charge < -0.3 is 10.2 Å². The van der Waals surface area contributed by atoms with Gasteiger partial charge in [-0.3, -0.25) is 4.79 Å². The fourth-order valence-electron chi connectivity index (χ4n) is 2.80. The third-order valence-corrected chi connectivity index (χ3v) is 3.82. The topological polar surface area (TPSA) is 32.3 Å². The van der Waals surface area contributed by atoms with Crippen molar-refractivity contribution in [2.75, 3.05) is 18.0 Å². The Morgan fingerprint density at radius 1 is 1.37 bits per heavy atom. The minimum atomic E-state index is 0.00395. The zero-order valence-electron chi connectivity index (χ0n) is 12.2. The van der Waals surface area contributed by atoms with Gasteiger partial charge in [0.1, 0.15) is 0 Å². The molecule has 1 unspecified atom stereocenters. The predicted octanol–water partition coefficient (Wildman–Crippen LogP) is 2.66. The van der Waals surface area contributed by atoms with E-state index in [4.69, 9.17) is 0 Å². The second kappa shape index (κ2) is 6.20. The van der Waals surface area contributed by atoms with Crippen molar-refractivity contribution in [2.24, 2.45) is 0 Å². The van der Waals surface area contributed by atoms with Gasteiger partial charge in [0, 0.05) is 12.2 Å². The summed E-state index contributed by atoms with van der Waals surface area (Å²) in [5.74, 6) is 0.234. The molecule has 3 heteroatoms. The van der Waals surface area contributed by atoms with E-state index >= 15 is 0 Å². The number of carbonyl (C=O) groups excluding carboxylic acids is 1. The number of aryl methyl sites for hydroxylation is 2. The summed E-state index contributed by atoms with van der Waals surface area (Å²) in [5, 5.41) is 3.35. The quantitative estimate of drug-likeness (QED) is 0.882. The van der Waals surface area contributed by atoms with Crippen LogP contribution in [0.4, 0.5) is 5.69 Å². The van der Waals surface area contributed by atoms with Crippen LogP contribution in [0.3, 0.4) is 0 Å². The van der Waals surface area contributed by atoms with Gasteiger partial charge in [-0.2, -0.15) is 0 Å². The van der Waals surface area contributed by atoms with Crippen molar-refractivity contribution in [3.8, 4) is 0 Å². The summed E-state index contributed by atoms with van der Waals surface area (Å²) < 4.78 is 0. The first kappa shape index (κ1) is 14.1. The van der Waals surface area contributed by atoms with Gasteiger partial charge in [-0.1, -0.05) is 32.0 Å². The molecule has 104 valence electrons. The summed E-state index contributed by atoms with van der Waals surface area (Å²) in [6.07, 6.45) is 2.94. The van der Waals surface area contributed by atoms with E-state index in [1.807, 2.05) is 4.90 Å². The van der Waals surface area contributed by atoms with Gasteiger partial charge in [-0.25, -0.2) is 0 Å². The van der Waals surface area contributed by atoms with E-state index in [9.17, 15) is 4.79 Å². The van der Waals surface area contributed by atoms with Crippen LogP contribution in [0.15, 0.2) is 18.2 Å². The molecular formula is C16H24N2O. The average molecular weight is 260 g/mol. The minimum absolute atomic E-state index is 0.00395. The van der Waals surface area contributed by atoms with Crippen LogP contribution in [0.25, 0.3) is 0 Å². The SMILES string of the molecule is CCCNC1CCN(c2c(C)cccc2CC)C1=O. The van der Waals surface area contributed by atoms with Crippen LogP contribution in [-0.4, -0.2) is 25.0 Å². The molecule has 0 saturated carbocycles. The highest BCUT2D eigenvalue weighted by molar-refractivity contribution is 6.00. The standard InChI is InChI=1S/C16H24N2O/c1-4-10-17-14-9-11-18(16(14)19)15-12(3)7-6-8-13(15)5-2/h6-8,14,17H,4-5,9-11H2,1-3H3. The van der Waals surface area contributed by atoms with Gasteiger partial charge in [-0.05, 0) is 43.9 Å². The van der Waals surface area contributed by atoms with Crippen molar-refractivity contribution in [2.45, 2.75) is 46.1 Å². The summed E-state index contributed by atoms with van der Waals surface area (Å²) in [6, 6.07) is 6.30. The predicted molar refractivity (Wildman–Crippen MR) is 79.6 cm³/mol. The molecular weight excluding hydrogens is 236 g/mol. The summed E-state index contributed by atoms with van der Waals surface area (Å²) in [4.78, 5) is 14.5. The lowest BCUT2D eigenvalue weighted by Gasteiger charge is -2.22. The highest BCUT2D eigenvalue weighted by atomic mass is 16.2. The van der Waals surface area contributed by atoms with Crippen molar-refractivity contribution in [1.29, 1.82) is 0 Å². The molecule has 1 aromatic rings. The van der Waals surface area contributed by atoms with Gasteiger partial charge in [0.25, 0.3) is 0 Å².